The van der Waals surface area contributed by atoms with Crippen molar-refractivity contribution in [2.24, 2.45) is 0 Å². The number of nitrogens with one attached hydrogen (secondary N) is 1. The zero-order chi connectivity index (χ0) is 22.6. The summed E-state index contributed by atoms with van der Waals surface area (Å²) < 4.78 is 5.94. The number of para-hydroxylation sites is 1. The van der Waals surface area contributed by atoms with Gasteiger partial charge in [-0.15, -0.1) is 0 Å². The van der Waals surface area contributed by atoms with E-state index in [2.05, 4.69) is 15.3 Å². The molecule has 0 saturated carbocycles. The van der Waals surface area contributed by atoms with Crippen molar-refractivity contribution in [1.29, 1.82) is 0 Å². The van der Waals surface area contributed by atoms with E-state index in [9.17, 15) is 9.59 Å². The molecule has 4 aromatic rings. The molecule has 3 heterocycles. The monoisotopic (exact) mass is 458 g/mol. The molecule has 0 aliphatic carbocycles. The normalized spacial score (nSPS) is 13.6. The zero-order valence-electron chi connectivity index (χ0n) is 17.9. The van der Waals surface area contributed by atoms with Crippen LogP contribution in [0.3, 0.4) is 0 Å². The molecule has 8 heteroatoms. The molecule has 2 aromatic carbocycles. The molecular weight excluding hydrogens is 436 g/mol. The van der Waals surface area contributed by atoms with Gasteiger partial charge in [-0.3, -0.25) is 9.59 Å². The fraction of sp³-hybridized carbons (Fsp3) is 0.200. The maximum Gasteiger partial charge on any atom is 0.287 e. The summed E-state index contributed by atoms with van der Waals surface area (Å²) >= 11 is 1.46. The van der Waals surface area contributed by atoms with Crippen LogP contribution in [0, 0.1) is 0 Å². The highest BCUT2D eigenvalue weighted by Gasteiger charge is 2.23. The number of furan rings is 1. The summed E-state index contributed by atoms with van der Waals surface area (Å²) in [5.74, 6) is 0.669. The Balaban J connectivity index is 1.34. The van der Waals surface area contributed by atoms with Crippen LogP contribution in [0.4, 0.5) is 5.69 Å². The van der Waals surface area contributed by atoms with Crippen molar-refractivity contribution >= 4 is 40.2 Å². The molecule has 33 heavy (non-hydrogen) atoms. The van der Waals surface area contributed by atoms with Gasteiger partial charge in [-0.25, -0.2) is 9.97 Å². The second-order valence-corrected chi connectivity index (χ2v) is 8.67. The first-order valence-electron chi connectivity index (χ1n) is 10.8. The minimum Gasteiger partial charge on any atom is -0.451 e. The van der Waals surface area contributed by atoms with Crippen molar-refractivity contribution < 1.29 is 14.0 Å². The Morgan fingerprint density at radius 3 is 2.76 bits per heavy atom. The van der Waals surface area contributed by atoms with Crippen LogP contribution in [0.15, 0.2) is 76.6 Å². The van der Waals surface area contributed by atoms with E-state index in [1.165, 1.54) is 11.8 Å². The molecule has 2 aromatic heterocycles. The standard InChI is InChI=1S/C25H22N4O3S/c30-22-10-4-13-29(22)18-7-3-6-17(14-18)15-28-24(31)23-20(16-33-25-26-11-5-12-27-25)19-8-1-2-9-21(19)32-23/h1-3,5-9,11-12,14H,4,10,13,15-16H2,(H,28,31). The van der Waals surface area contributed by atoms with Crippen LogP contribution in [-0.2, 0) is 17.1 Å². The smallest absolute Gasteiger partial charge is 0.287 e. The maximum absolute atomic E-state index is 13.1. The Bertz CT molecular complexity index is 1310. The number of carbonyl (C=O) groups excluding carboxylic acids is 2. The number of anilines is 1. The molecule has 1 fully saturated rings. The van der Waals surface area contributed by atoms with Gasteiger partial charge in [0.05, 0.1) is 0 Å². The number of nitrogens with zero attached hydrogens (tertiary/aromatic N) is 3. The molecular formula is C25H22N4O3S. The van der Waals surface area contributed by atoms with Crippen LogP contribution in [0.2, 0.25) is 0 Å². The third-order valence-electron chi connectivity index (χ3n) is 5.54. The number of rotatable bonds is 7. The van der Waals surface area contributed by atoms with Gasteiger partial charge in [0.15, 0.2) is 10.9 Å². The minimum absolute atomic E-state index is 0.142. The van der Waals surface area contributed by atoms with Crippen molar-refractivity contribution in [3.63, 3.8) is 0 Å². The summed E-state index contributed by atoms with van der Waals surface area (Å²) in [4.78, 5) is 35.5. The average molecular weight is 459 g/mol. The second-order valence-electron chi connectivity index (χ2n) is 7.73. The van der Waals surface area contributed by atoms with E-state index >= 15 is 0 Å². The molecule has 0 atom stereocenters. The van der Waals surface area contributed by atoms with Crippen LogP contribution in [0.25, 0.3) is 11.0 Å². The Morgan fingerprint density at radius 1 is 1.09 bits per heavy atom. The van der Waals surface area contributed by atoms with Gasteiger partial charge in [0, 0.05) is 54.3 Å². The summed E-state index contributed by atoms with van der Waals surface area (Å²) in [6.07, 6.45) is 4.85. The molecule has 0 radical (unpaired) electrons. The molecule has 166 valence electrons. The minimum atomic E-state index is -0.279. The van der Waals surface area contributed by atoms with E-state index in [4.69, 9.17) is 4.42 Å². The highest BCUT2D eigenvalue weighted by Crippen LogP contribution is 2.31. The molecule has 0 bridgehead atoms. The number of hydrogen-bond acceptors (Lipinski definition) is 6. The van der Waals surface area contributed by atoms with Crippen molar-refractivity contribution in [3.8, 4) is 0 Å². The molecule has 1 N–H and O–H groups in total. The summed E-state index contributed by atoms with van der Waals surface area (Å²) in [6.45, 7) is 1.07. The molecule has 5 rings (SSSR count). The number of hydrogen-bond donors (Lipinski definition) is 1. The lowest BCUT2D eigenvalue weighted by atomic mass is 10.1. The van der Waals surface area contributed by atoms with Gasteiger partial charge in [0.2, 0.25) is 5.91 Å². The van der Waals surface area contributed by atoms with Crippen molar-refractivity contribution in [1.82, 2.24) is 15.3 Å². The van der Waals surface area contributed by atoms with E-state index in [0.29, 0.717) is 35.2 Å². The Labute approximate surface area is 195 Å². The lowest BCUT2D eigenvalue weighted by molar-refractivity contribution is -0.117. The van der Waals surface area contributed by atoms with Gasteiger partial charge in [-0.05, 0) is 36.2 Å². The second kappa shape index (κ2) is 9.46. The Hall–Kier alpha value is -3.65. The van der Waals surface area contributed by atoms with Gasteiger partial charge in [0.25, 0.3) is 5.91 Å². The van der Waals surface area contributed by atoms with Gasteiger partial charge < -0.3 is 14.6 Å². The largest absolute Gasteiger partial charge is 0.451 e. The van der Waals surface area contributed by atoms with Crippen LogP contribution in [-0.4, -0.2) is 28.3 Å². The highest BCUT2D eigenvalue weighted by molar-refractivity contribution is 7.98. The first-order chi connectivity index (χ1) is 16.2. The molecule has 1 aliphatic rings. The number of fused-ring (bicyclic) bond motifs is 1. The number of benzene rings is 2. The van der Waals surface area contributed by atoms with Gasteiger partial charge in [-0.2, -0.15) is 0 Å². The average Bonchev–Trinajstić information content (AvgIpc) is 3.45. The lowest BCUT2D eigenvalue weighted by Gasteiger charge is -2.16. The third kappa shape index (κ3) is 4.61. The molecule has 1 aliphatic heterocycles. The van der Waals surface area contributed by atoms with E-state index < -0.39 is 0 Å². The molecule has 0 unspecified atom stereocenters. The van der Waals surface area contributed by atoms with Crippen molar-refractivity contribution in [2.75, 3.05) is 11.4 Å². The Kier molecular flexibility index (Phi) is 6.08. The zero-order valence-corrected chi connectivity index (χ0v) is 18.7. The van der Waals surface area contributed by atoms with E-state index in [0.717, 1.165) is 35.2 Å². The first kappa shape index (κ1) is 21.2. The van der Waals surface area contributed by atoms with Crippen molar-refractivity contribution in [2.45, 2.75) is 30.3 Å². The SMILES string of the molecule is O=C(NCc1cccc(N2CCCC2=O)c1)c1oc2ccccc2c1CSc1ncccn1. The number of carbonyl (C=O) groups is 2. The topological polar surface area (TPSA) is 88.3 Å². The van der Waals surface area contributed by atoms with Crippen molar-refractivity contribution in [3.05, 3.63) is 83.9 Å². The van der Waals surface area contributed by atoms with E-state index in [1.807, 2.05) is 48.5 Å². The highest BCUT2D eigenvalue weighted by atomic mass is 32.2. The molecule has 1 saturated heterocycles. The Morgan fingerprint density at radius 2 is 1.94 bits per heavy atom. The van der Waals surface area contributed by atoms with Gasteiger partial charge >= 0.3 is 0 Å². The molecule has 0 spiro atoms. The summed E-state index contributed by atoms with van der Waals surface area (Å²) in [7, 11) is 0. The van der Waals surface area contributed by atoms with Crippen LogP contribution >= 0.6 is 11.8 Å². The van der Waals surface area contributed by atoms with E-state index in [1.54, 1.807) is 23.4 Å². The summed E-state index contributed by atoms with van der Waals surface area (Å²) in [5, 5.41) is 4.51. The quantitative estimate of drug-likeness (QED) is 0.322. The van der Waals surface area contributed by atoms with Gasteiger partial charge in [-0.1, -0.05) is 42.1 Å². The number of amides is 2. The number of aromatic nitrogens is 2. The molecule has 2 amide bonds. The predicted octanol–water partition coefficient (Wildman–Crippen LogP) is 4.57. The fourth-order valence-corrected chi connectivity index (χ4v) is 4.77. The van der Waals surface area contributed by atoms with Gasteiger partial charge in [0.1, 0.15) is 5.58 Å². The third-order valence-corrected chi connectivity index (χ3v) is 6.44. The first-order valence-corrected chi connectivity index (χ1v) is 11.8. The number of thioether (sulfide) groups is 1. The fourth-order valence-electron chi connectivity index (χ4n) is 3.94. The lowest BCUT2D eigenvalue weighted by Crippen LogP contribution is -2.25. The van der Waals surface area contributed by atoms with Crippen LogP contribution < -0.4 is 10.2 Å². The predicted molar refractivity (Wildman–Crippen MR) is 127 cm³/mol. The molecule has 7 nitrogen and oxygen atoms in total. The summed E-state index contributed by atoms with van der Waals surface area (Å²) in [5.41, 5.74) is 3.27. The van der Waals surface area contributed by atoms with Crippen LogP contribution in [0.5, 0.6) is 0 Å². The van der Waals surface area contributed by atoms with Crippen LogP contribution in [0.1, 0.15) is 34.5 Å². The summed E-state index contributed by atoms with van der Waals surface area (Å²) in [6, 6.07) is 17.1. The van der Waals surface area contributed by atoms with E-state index in [-0.39, 0.29) is 11.8 Å². The maximum atomic E-state index is 13.1.